The molecular weight excluding hydrogens is 350 g/mol. The van der Waals surface area contributed by atoms with Gasteiger partial charge in [-0.3, -0.25) is 9.48 Å². The SMILES string of the molecule is Cl.Cn1cc([C@H]2CNC[C@@H]2C(=O)NCCc2cccc(F)c2F)cn1. The van der Waals surface area contributed by atoms with Crippen LogP contribution in [0.15, 0.2) is 30.6 Å². The third-order valence-electron chi connectivity index (χ3n) is 4.43. The number of amides is 1. The molecule has 0 radical (unpaired) electrons. The number of hydrogen-bond acceptors (Lipinski definition) is 3. The fourth-order valence-corrected chi connectivity index (χ4v) is 3.13. The van der Waals surface area contributed by atoms with Crippen molar-refractivity contribution < 1.29 is 13.6 Å². The molecule has 0 spiro atoms. The molecule has 1 amide bonds. The first-order valence-electron chi connectivity index (χ1n) is 7.96. The van der Waals surface area contributed by atoms with Gasteiger partial charge in [-0.2, -0.15) is 5.10 Å². The number of aromatic nitrogens is 2. The summed E-state index contributed by atoms with van der Waals surface area (Å²) in [5.41, 5.74) is 1.29. The van der Waals surface area contributed by atoms with Crippen LogP contribution in [0, 0.1) is 17.6 Å². The van der Waals surface area contributed by atoms with Gasteiger partial charge in [0.05, 0.1) is 12.1 Å². The quantitative estimate of drug-likeness (QED) is 0.843. The second-order valence-corrected chi connectivity index (χ2v) is 6.07. The van der Waals surface area contributed by atoms with E-state index in [-0.39, 0.29) is 48.7 Å². The van der Waals surface area contributed by atoms with Crippen LogP contribution in [0.5, 0.6) is 0 Å². The summed E-state index contributed by atoms with van der Waals surface area (Å²) in [5, 5.41) is 10.2. The van der Waals surface area contributed by atoms with Gasteiger partial charge in [0, 0.05) is 38.8 Å². The molecule has 0 saturated carbocycles. The number of nitrogens with zero attached hydrogens (tertiary/aromatic N) is 2. The van der Waals surface area contributed by atoms with Crippen molar-refractivity contribution in [2.24, 2.45) is 13.0 Å². The molecule has 1 aromatic heterocycles. The van der Waals surface area contributed by atoms with Gasteiger partial charge >= 0.3 is 0 Å². The zero-order valence-electron chi connectivity index (χ0n) is 13.8. The Morgan fingerprint density at radius 3 is 2.92 bits per heavy atom. The molecule has 8 heteroatoms. The Bertz CT molecular complexity index is 737. The summed E-state index contributed by atoms with van der Waals surface area (Å²) in [6, 6.07) is 4.08. The van der Waals surface area contributed by atoms with Crippen molar-refractivity contribution in [3.05, 3.63) is 53.4 Å². The first-order valence-corrected chi connectivity index (χ1v) is 7.96. The highest BCUT2D eigenvalue weighted by molar-refractivity contribution is 5.85. The van der Waals surface area contributed by atoms with E-state index >= 15 is 0 Å². The van der Waals surface area contributed by atoms with Crippen LogP contribution in [0.3, 0.4) is 0 Å². The number of hydrogen-bond donors (Lipinski definition) is 2. The van der Waals surface area contributed by atoms with Crippen LogP contribution in [0.4, 0.5) is 8.78 Å². The van der Waals surface area contributed by atoms with Gasteiger partial charge in [0.25, 0.3) is 0 Å². The minimum atomic E-state index is -0.865. The summed E-state index contributed by atoms with van der Waals surface area (Å²) in [4.78, 5) is 12.4. The maximum Gasteiger partial charge on any atom is 0.225 e. The minimum Gasteiger partial charge on any atom is -0.355 e. The minimum absolute atomic E-state index is 0. The Morgan fingerprint density at radius 2 is 2.20 bits per heavy atom. The van der Waals surface area contributed by atoms with Crippen molar-refractivity contribution in [1.29, 1.82) is 0 Å². The van der Waals surface area contributed by atoms with E-state index in [1.807, 2.05) is 13.2 Å². The van der Waals surface area contributed by atoms with Gasteiger partial charge in [-0.05, 0) is 23.6 Å². The third-order valence-corrected chi connectivity index (χ3v) is 4.43. The van der Waals surface area contributed by atoms with Crippen LogP contribution in [0.25, 0.3) is 0 Å². The highest BCUT2D eigenvalue weighted by Crippen LogP contribution is 2.27. The molecule has 1 aromatic carbocycles. The number of carbonyl (C=O) groups is 1. The van der Waals surface area contributed by atoms with Gasteiger partial charge in [0.1, 0.15) is 0 Å². The molecule has 0 unspecified atom stereocenters. The fraction of sp³-hybridized carbons (Fsp3) is 0.412. The Balaban J connectivity index is 0.00000225. The number of rotatable bonds is 5. The molecule has 0 aliphatic carbocycles. The van der Waals surface area contributed by atoms with Crippen LogP contribution < -0.4 is 10.6 Å². The van der Waals surface area contributed by atoms with Gasteiger partial charge in [-0.15, -0.1) is 12.4 Å². The van der Waals surface area contributed by atoms with Gasteiger partial charge in [-0.25, -0.2) is 8.78 Å². The zero-order chi connectivity index (χ0) is 17.1. The van der Waals surface area contributed by atoms with E-state index < -0.39 is 11.6 Å². The third kappa shape index (κ3) is 4.35. The predicted octanol–water partition coefficient (Wildman–Crippen LogP) is 1.78. The Hall–Kier alpha value is -1.99. The molecule has 25 heavy (non-hydrogen) atoms. The Kier molecular flexibility index (Phi) is 6.50. The topological polar surface area (TPSA) is 59.0 Å². The van der Waals surface area contributed by atoms with Crippen LogP contribution in [-0.2, 0) is 18.3 Å². The molecule has 1 aliphatic rings. The lowest BCUT2D eigenvalue weighted by atomic mass is 9.90. The summed E-state index contributed by atoms with van der Waals surface area (Å²) in [6.45, 7) is 1.59. The van der Waals surface area contributed by atoms with E-state index in [0.717, 1.165) is 18.2 Å². The number of carbonyl (C=O) groups excluding carboxylic acids is 1. The van der Waals surface area contributed by atoms with Gasteiger partial charge < -0.3 is 10.6 Å². The van der Waals surface area contributed by atoms with Crippen molar-refractivity contribution >= 4 is 18.3 Å². The lowest BCUT2D eigenvalue weighted by Crippen LogP contribution is -2.35. The summed E-state index contributed by atoms with van der Waals surface area (Å²) in [5.74, 6) is -1.90. The van der Waals surface area contributed by atoms with Crippen molar-refractivity contribution in [1.82, 2.24) is 20.4 Å². The van der Waals surface area contributed by atoms with E-state index in [1.54, 1.807) is 10.9 Å². The highest BCUT2D eigenvalue weighted by atomic mass is 35.5. The van der Waals surface area contributed by atoms with E-state index in [2.05, 4.69) is 15.7 Å². The lowest BCUT2D eigenvalue weighted by Gasteiger charge is -2.17. The van der Waals surface area contributed by atoms with Crippen LogP contribution in [-0.4, -0.2) is 35.3 Å². The zero-order valence-corrected chi connectivity index (χ0v) is 14.7. The molecule has 2 atom stereocenters. The second kappa shape index (κ2) is 8.40. The van der Waals surface area contributed by atoms with E-state index in [9.17, 15) is 13.6 Å². The first-order chi connectivity index (χ1) is 11.6. The maximum atomic E-state index is 13.6. The molecule has 136 valence electrons. The summed E-state index contributed by atoms with van der Waals surface area (Å²) < 4.78 is 28.5. The standard InChI is InChI=1S/C17H20F2N4O.ClH/c1-23-10-12(7-22-23)13-8-20-9-14(13)17(24)21-6-5-11-3-2-4-15(18)16(11)19;/h2-4,7,10,13-14,20H,5-6,8-9H2,1H3,(H,21,24);1H/t13-,14+;/m1./s1. The first kappa shape index (κ1) is 19.3. The number of nitrogens with one attached hydrogen (secondary N) is 2. The molecule has 5 nitrogen and oxygen atoms in total. The molecule has 1 saturated heterocycles. The largest absolute Gasteiger partial charge is 0.355 e. The van der Waals surface area contributed by atoms with Crippen molar-refractivity contribution in [3.8, 4) is 0 Å². The normalized spacial score (nSPS) is 19.5. The molecule has 2 heterocycles. The van der Waals surface area contributed by atoms with E-state index in [4.69, 9.17) is 0 Å². The average Bonchev–Trinajstić information content (AvgIpc) is 3.19. The van der Waals surface area contributed by atoms with Gasteiger partial charge in [0.15, 0.2) is 11.6 Å². The van der Waals surface area contributed by atoms with Crippen LogP contribution >= 0.6 is 12.4 Å². The second-order valence-electron chi connectivity index (χ2n) is 6.07. The maximum absolute atomic E-state index is 13.6. The fourth-order valence-electron chi connectivity index (χ4n) is 3.13. The number of halogens is 3. The number of benzene rings is 1. The van der Waals surface area contributed by atoms with Gasteiger partial charge in [-0.1, -0.05) is 12.1 Å². The molecule has 1 aliphatic heterocycles. The monoisotopic (exact) mass is 370 g/mol. The van der Waals surface area contributed by atoms with Crippen molar-refractivity contribution in [2.45, 2.75) is 12.3 Å². The van der Waals surface area contributed by atoms with E-state index in [1.165, 1.54) is 12.1 Å². The van der Waals surface area contributed by atoms with Crippen LogP contribution in [0.2, 0.25) is 0 Å². The van der Waals surface area contributed by atoms with Crippen molar-refractivity contribution in [2.75, 3.05) is 19.6 Å². The summed E-state index contributed by atoms with van der Waals surface area (Å²) in [6.07, 6.45) is 3.95. The molecular formula is C17H21ClF2N4O. The smallest absolute Gasteiger partial charge is 0.225 e. The summed E-state index contributed by atoms with van der Waals surface area (Å²) >= 11 is 0. The molecule has 2 aromatic rings. The Morgan fingerprint density at radius 1 is 1.40 bits per heavy atom. The molecule has 0 bridgehead atoms. The molecule has 3 rings (SSSR count). The highest BCUT2D eigenvalue weighted by Gasteiger charge is 2.34. The lowest BCUT2D eigenvalue weighted by molar-refractivity contribution is -0.124. The van der Waals surface area contributed by atoms with Crippen LogP contribution in [0.1, 0.15) is 17.0 Å². The average molecular weight is 371 g/mol. The molecule has 2 N–H and O–H groups in total. The number of aryl methyl sites for hydroxylation is 1. The summed E-state index contributed by atoms with van der Waals surface area (Å²) in [7, 11) is 1.84. The predicted molar refractivity (Wildman–Crippen MR) is 92.6 cm³/mol. The van der Waals surface area contributed by atoms with Gasteiger partial charge in [0.2, 0.25) is 5.91 Å². The van der Waals surface area contributed by atoms with E-state index in [0.29, 0.717) is 6.54 Å². The Labute approximate surface area is 151 Å². The van der Waals surface area contributed by atoms with Crippen molar-refractivity contribution in [3.63, 3.8) is 0 Å². The molecule has 1 fully saturated rings.